The van der Waals surface area contributed by atoms with Gasteiger partial charge in [-0.15, -0.1) is 0 Å². The molecule has 0 saturated carbocycles. The number of hydrogen-bond donors (Lipinski definition) is 1. The van der Waals surface area contributed by atoms with Gasteiger partial charge in [-0.2, -0.15) is 0 Å². The molecule has 1 aromatic heterocycles. The number of allylic oxidation sites excluding steroid dienone is 1. The van der Waals surface area contributed by atoms with Crippen molar-refractivity contribution >= 4 is 40.9 Å². The van der Waals surface area contributed by atoms with Crippen LogP contribution in [0, 0.1) is 0 Å². The maximum Gasteiger partial charge on any atom is 0.208 e. The summed E-state index contributed by atoms with van der Waals surface area (Å²) in [6.07, 6.45) is 13.2. The number of methoxy groups -OCH3 is 1. The Kier molecular flexibility index (Phi) is 13.2. The number of unbranched alkanes of at least 4 members (excludes halogenated alkanes) is 1. The number of pyridine rings is 1. The number of likely N-dealkylation sites (N-methyl/N-ethyl adjacent to an activating group) is 1. The highest BCUT2D eigenvalue weighted by atomic mass is 16.5. The lowest BCUT2D eigenvalue weighted by Crippen LogP contribution is -2.20. The summed E-state index contributed by atoms with van der Waals surface area (Å²) in [5.41, 5.74) is 5.78. The number of carbonyl (C=O) groups is 1. The Morgan fingerprint density at radius 1 is 1.19 bits per heavy atom. The number of aromatic nitrogens is 1. The molecule has 0 amide bonds. The summed E-state index contributed by atoms with van der Waals surface area (Å²) in [5.74, 6) is 0.634. The van der Waals surface area contributed by atoms with Gasteiger partial charge in [-0.1, -0.05) is 50.3 Å². The van der Waals surface area contributed by atoms with Crippen LogP contribution in [0.4, 0.5) is 11.4 Å². The predicted molar refractivity (Wildman–Crippen MR) is 159 cm³/mol. The molecular formula is C31H40N4O2. The smallest absolute Gasteiger partial charge is 0.208 e. The zero-order chi connectivity index (χ0) is 26.9. The fourth-order valence-corrected chi connectivity index (χ4v) is 3.81. The summed E-state index contributed by atoms with van der Waals surface area (Å²) in [5, 5.41) is 4.41. The molecule has 2 heterocycles. The minimum Gasteiger partial charge on any atom is -0.481 e. The van der Waals surface area contributed by atoms with Gasteiger partial charge in [0.05, 0.1) is 18.3 Å². The van der Waals surface area contributed by atoms with Crippen LogP contribution in [0.1, 0.15) is 44.7 Å². The number of nitrogens with zero attached hydrogens (tertiary/aromatic N) is 3. The van der Waals surface area contributed by atoms with E-state index in [2.05, 4.69) is 57.6 Å². The molecule has 1 N–H and O–H groups in total. The van der Waals surface area contributed by atoms with E-state index in [0.717, 1.165) is 43.4 Å². The van der Waals surface area contributed by atoms with E-state index in [0.29, 0.717) is 12.3 Å². The molecule has 3 aromatic rings. The van der Waals surface area contributed by atoms with E-state index in [9.17, 15) is 4.79 Å². The van der Waals surface area contributed by atoms with Crippen LogP contribution >= 0.6 is 0 Å². The van der Waals surface area contributed by atoms with Crippen LogP contribution in [0.25, 0.3) is 17.0 Å². The van der Waals surface area contributed by atoms with Crippen LogP contribution in [0.3, 0.4) is 0 Å². The van der Waals surface area contributed by atoms with E-state index >= 15 is 0 Å². The fourth-order valence-electron chi connectivity index (χ4n) is 3.81. The molecule has 37 heavy (non-hydrogen) atoms. The third kappa shape index (κ3) is 9.22. The molecule has 0 saturated heterocycles. The average Bonchev–Trinajstić information content (AvgIpc) is 2.95. The molecule has 0 fully saturated rings. The van der Waals surface area contributed by atoms with Crippen LogP contribution in [0.5, 0.6) is 0 Å². The standard InChI is InChI=1S/C19H21N3O.C10H13NO.C2H6/c1-4-18(23-3)20-10-9-14-7-8-17-16(12-14)19-15(13-21-17)6-5-11-22(19)2;12-9-5-4-8-11-10-6-2-1-3-7-10;1-2/h4-8,10,12-13H,9,11H2,1-3H3;1-3,6-7,9,11H,4-5,8H2;1-2H3/b18-4+,20-10-;;. The van der Waals surface area contributed by atoms with Gasteiger partial charge in [0.2, 0.25) is 5.88 Å². The first-order chi connectivity index (χ1) is 18.2. The molecule has 0 radical (unpaired) electrons. The van der Waals surface area contributed by atoms with Crippen molar-refractivity contribution in [1.29, 1.82) is 0 Å². The Balaban J connectivity index is 0.000000291. The zero-order valence-electron chi connectivity index (χ0n) is 22.8. The van der Waals surface area contributed by atoms with E-state index in [-0.39, 0.29) is 0 Å². The van der Waals surface area contributed by atoms with Crippen molar-refractivity contribution < 1.29 is 9.53 Å². The largest absolute Gasteiger partial charge is 0.481 e. The molecule has 0 atom stereocenters. The summed E-state index contributed by atoms with van der Waals surface area (Å²) in [6, 6.07) is 16.4. The molecule has 0 spiro atoms. The number of hydrogen-bond acceptors (Lipinski definition) is 6. The number of para-hydroxylation sites is 1. The molecule has 1 aliphatic heterocycles. The Morgan fingerprint density at radius 3 is 2.68 bits per heavy atom. The number of benzene rings is 2. The minimum absolute atomic E-state index is 0.634. The van der Waals surface area contributed by atoms with Gasteiger partial charge in [0.1, 0.15) is 6.29 Å². The van der Waals surface area contributed by atoms with Gasteiger partial charge in [-0.3, -0.25) is 4.98 Å². The van der Waals surface area contributed by atoms with Crippen molar-refractivity contribution in [2.45, 2.75) is 40.0 Å². The normalized spacial score (nSPS) is 12.2. The molecule has 0 aliphatic carbocycles. The lowest BCUT2D eigenvalue weighted by Gasteiger charge is -2.25. The molecule has 6 nitrogen and oxygen atoms in total. The summed E-state index contributed by atoms with van der Waals surface area (Å²) in [4.78, 5) is 21.1. The molecule has 0 unspecified atom stereocenters. The van der Waals surface area contributed by atoms with Gasteiger partial charge in [-0.25, -0.2) is 4.99 Å². The van der Waals surface area contributed by atoms with Crippen molar-refractivity contribution in [3.63, 3.8) is 0 Å². The van der Waals surface area contributed by atoms with Crippen molar-refractivity contribution in [2.24, 2.45) is 4.99 Å². The van der Waals surface area contributed by atoms with Crippen LogP contribution < -0.4 is 10.2 Å². The second-order valence-corrected chi connectivity index (χ2v) is 8.15. The van der Waals surface area contributed by atoms with Gasteiger partial charge in [0, 0.05) is 62.0 Å². The number of ether oxygens (including phenoxy) is 1. The second-order valence-electron chi connectivity index (χ2n) is 8.15. The SMILES string of the molecule is C/C=C(\N=C/Cc1ccc2ncc3c(c2c1)N(C)CC=C3)OC.CC.O=CCCCNc1ccccc1. The highest BCUT2D eigenvalue weighted by molar-refractivity contribution is 5.97. The van der Waals surface area contributed by atoms with E-state index < -0.39 is 0 Å². The van der Waals surface area contributed by atoms with Gasteiger partial charge in [0.15, 0.2) is 0 Å². The topological polar surface area (TPSA) is 66.8 Å². The Hall–Kier alpha value is -3.93. The van der Waals surface area contributed by atoms with Crippen molar-refractivity contribution in [1.82, 2.24) is 4.98 Å². The maximum absolute atomic E-state index is 9.99. The number of nitrogens with one attached hydrogen (secondary N) is 1. The van der Waals surface area contributed by atoms with Gasteiger partial charge in [-0.05, 0) is 49.2 Å². The molecular weight excluding hydrogens is 460 g/mol. The number of anilines is 2. The fraction of sp³-hybridized carbons (Fsp3) is 0.323. The van der Waals surface area contributed by atoms with Crippen LogP contribution in [-0.4, -0.2) is 44.7 Å². The number of carbonyl (C=O) groups excluding carboxylic acids is 1. The summed E-state index contributed by atoms with van der Waals surface area (Å²) in [6.45, 7) is 7.70. The van der Waals surface area contributed by atoms with E-state index in [1.165, 1.54) is 22.2 Å². The Morgan fingerprint density at radius 2 is 1.97 bits per heavy atom. The van der Waals surface area contributed by atoms with Crippen molar-refractivity contribution in [3.05, 3.63) is 83.9 Å². The van der Waals surface area contributed by atoms with E-state index in [1.54, 1.807) is 7.11 Å². The first kappa shape index (κ1) is 29.3. The molecule has 1 aliphatic rings. The van der Waals surface area contributed by atoms with Crippen LogP contribution in [-0.2, 0) is 16.0 Å². The highest BCUT2D eigenvalue weighted by Crippen LogP contribution is 2.32. The lowest BCUT2D eigenvalue weighted by molar-refractivity contribution is -0.107. The Labute approximate surface area is 221 Å². The zero-order valence-corrected chi connectivity index (χ0v) is 22.8. The Bertz CT molecular complexity index is 1190. The monoisotopic (exact) mass is 500 g/mol. The summed E-state index contributed by atoms with van der Waals surface area (Å²) < 4.78 is 5.14. The molecule has 4 rings (SSSR count). The third-order valence-electron chi connectivity index (χ3n) is 5.59. The van der Waals surface area contributed by atoms with E-state index in [1.807, 2.05) is 69.6 Å². The van der Waals surface area contributed by atoms with Crippen LogP contribution in [0.15, 0.2) is 77.8 Å². The number of aliphatic imine (C=N–C) groups is 1. The maximum atomic E-state index is 9.99. The number of fused-ring (bicyclic) bond motifs is 3. The van der Waals surface area contributed by atoms with Gasteiger partial charge < -0.3 is 19.7 Å². The lowest BCUT2D eigenvalue weighted by atomic mass is 10.0. The molecule has 6 heteroatoms. The summed E-state index contributed by atoms with van der Waals surface area (Å²) in [7, 11) is 3.75. The van der Waals surface area contributed by atoms with Crippen molar-refractivity contribution in [3.8, 4) is 0 Å². The number of aldehydes is 1. The first-order valence-electron chi connectivity index (χ1n) is 12.9. The quantitative estimate of drug-likeness (QED) is 0.149. The highest BCUT2D eigenvalue weighted by Gasteiger charge is 2.14. The average molecular weight is 501 g/mol. The molecule has 196 valence electrons. The minimum atomic E-state index is 0.634. The van der Waals surface area contributed by atoms with Gasteiger partial charge >= 0.3 is 0 Å². The second kappa shape index (κ2) is 16.7. The number of rotatable bonds is 9. The third-order valence-corrected chi connectivity index (χ3v) is 5.59. The molecule has 0 bridgehead atoms. The summed E-state index contributed by atoms with van der Waals surface area (Å²) >= 11 is 0. The molecule has 2 aromatic carbocycles. The van der Waals surface area contributed by atoms with Crippen molar-refractivity contribution in [2.75, 3.05) is 37.5 Å². The predicted octanol–water partition coefficient (Wildman–Crippen LogP) is 6.92. The first-order valence-corrected chi connectivity index (χ1v) is 12.9. The van der Waals surface area contributed by atoms with E-state index in [4.69, 9.17) is 4.74 Å². The van der Waals surface area contributed by atoms with Gasteiger partial charge in [0.25, 0.3) is 0 Å². The van der Waals surface area contributed by atoms with Crippen LogP contribution in [0.2, 0.25) is 0 Å².